The van der Waals surface area contributed by atoms with Crippen LogP contribution in [0.1, 0.15) is 18.4 Å². The summed E-state index contributed by atoms with van der Waals surface area (Å²) in [6, 6.07) is 6.38. The van der Waals surface area contributed by atoms with Crippen LogP contribution in [0, 0.1) is 0 Å². The number of carbonyl (C=O) groups is 1. The highest BCUT2D eigenvalue weighted by atomic mass is 16.5. The van der Waals surface area contributed by atoms with E-state index in [0.29, 0.717) is 5.75 Å². The van der Waals surface area contributed by atoms with Gasteiger partial charge in [-0.15, -0.1) is 0 Å². The Bertz CT molecular complexity index is 351. The van der Waals surface area contributed by atoms with E-state index in [0.717, 1.165) is 5.56 Å². The van der Waals surface area contributed by atoms with E-state index in [1.165, 1.54) is 0 Å². The number of methoxy groups -OCH3 is 1. The third kappa shape index (κ3) is 2.70. The maximum absolute atomic E-state index is 10.7. The molecular formula is C11H15NO3. The van der Waals surface area contributed by atoms with Gasteiger partial charge >= 0.3 is 5.97 Å². The highest BCUT2D eigenvalue weighted by molar-refractivity contribution is 5.74. The smallest absolute Gasteiger partial charge is 0.321 e. The largest absolute Gasteiger partial charge is 0.497 e. The minimum Gasteiger partial charge on any atom is -0.497 e. The van der Waals surface area contributed by atoms with Gasteiger partial charge in [0.2, 0.25) is 0 Å². The SMILES string of the molecule is COc1cccc(C(C)C(N)C(=O)O)c1. The Hall–Kier alpha value is -1.55. The highest BCUT2D eigenvalue weighted by Crippen LogP contribution is 2.22. The predicted octanol–water partition coefficient (Wildman–Crippen LogP) is 1.21. The van der Waals surface area contributed by atoms with Crippen LogP contribution in [0.5, 0.6) is 5.75 Å². The lowest BCUT2D eigenvalue weighted by Gasteiger charge is -2.16. The Morgan fingerprint density at radius 2 is 2.20 bits per heavy atom. The van der Waals surface area contributed by atoms with Crippen molar-refractivity contribution in [1.82, 2.24) is 0 Å². The number of aliphatic carboxylic acids is 1. The molecule has 0 aromatic heterocycles. The number of ether oxygens (including phenoxy) is 1. The van der Waals surface area contributed by atoms with Gasteiger partial charge in [0.25, 0.3) is 0 Å². The summed E-state index contributed by atoms with van der Waals surface area (Å²) in [5.74, 6) is -0.528. The fourth-order valence-corrected chi connectivity index (χ4v) is 1.35. The summed E-state index contributed by atoms with van der Waals surface area (Å²) >= 11 is 0. The molecule has 4 nitrogen and oxygen atoms in total. The van der Waals surface area contributed by atoms with Gasteiger partial charge < -0.3 is 15.6 Å². The first kappa shape index (κ1) is 11.5. The third-order valence-corrected chi connectivity index (χ3v) is 2.44. The number of carboxylic acids is 1. The molecule has 0 amide bonds. The van der Waals surface area contributed by atoms with Gasteiger partial charge in [-0.05, 0) is 17.7 Å². The minimum atomic E-state index is -0.995. The van der Waals surface area contributed by atoms with Crippen molar-refractivity contribution in [2.24, 2.45) is 5.73 Å². The van der Waals surface area contributed by atoms with Crippen LogP contribution in [0.4, 0.5) is 0 Å². The lowest BCUT2D eigenvalue weighted by atomic mass is 9.94. The molecule has 0 aliphatic heterocycles. The normalized spacial score (nSPS) is 14.3. The molecule has 0 saturated heterocycles. The molecule has 0 fully saturated rings. The maximum Gasteiger partial charge on any atom is 0.321 e. The van der Waals surface area contributed by atoms with Gasteiger partial charge in [-0.2, -0.15) is 0 Å². The number of carboxylic acid groups (broad SMARTS) is 1. The zero-order chi connectivity index (χ0) is 11.4. The summed E-state index contributed by atoms with van der Waals surface area (Å²) in [4.78, 5) is 10.7. The molecule has 0 bridgehead atoms. The zero-order valence-corrected chi connectivity index (χ0v) is 8.81. The summed E-state index contributed by atoms with van der Waals surface area (Å²) in [6.07, 6.45) is 0. The van der Waals surface area contributed by atoms with E-state index in [2.05, 4.69) is 0 Å². The Morgan fingerprint density at radius 1 is 1.53 bits per heavy atom. The molecule has 1 rings (SSSR count). The molecule has 15 heavy (non-hydrogen) atoms. The number of rotatable bonds is 4. The van der Waals surface area contributed by atoms with Crippen LogP contribution in [0.25, 0.3) is 0 Å². The van der Waals surface area contributed by atoms with Crippen molar-refractivity contribution in [2.75, 3.05) is 7.11 Å². The van der Waals surface area contributed by atoms with Crippen molar-refractivity contribution >= 4 is 5.97 Å². The molecule has 0 radical (unpaired) electrons. The molecule has 0 aliphatic carbocycles. The van der Waals surface area contributed by atoms with Crippen LogP contribution in [-0.2, 0) is 4.79 Å². The van der Waals surface area contributed by atoms with Crippen molar-refractivity contribution in [3.05, 3.63) is 29.8 Å². The van der Waals surface area contributed by atoms with Gasteiger partial charge in [0.05, 0.1) is 7.11 Å². The summed E-state index contributed by atoms with van der Waals surface area (Å²) in [5.41, 5.74) is 6.41. The van der Waals surface area contributed by atoms with Crippen LogP contribution in [-0.4, -0.2) is 24.2 Å². The molecular weight excluding hydrogens is 194 g/mol. The van der Waals surface area contributed by atoms with Gasteiger partial charge in [-0.1, -0.05) is 19.1 Å². The number of hydrogen-bond donors (Lipinski definition) is 2. The molecule has 2 atom stereocenters. The predicted molar refractivity (Wildman–Crippen MR) is 57.0 cm³/mol. The second-order valence-electron chi connectivity index (χ2n) is 3.43. The molecule has 0 spiro atoms. The van der Waals surface area contributed by atoms with Crippen LogP contribution in [0.2, 0.25) is 0 Å². The Balaban J connectivity index is 2.90. The second kappa shape index (κ2) is 4.79. The van der Waals surface area contributed by atoms with E-state index in [4.69, 9.17) is 15.6 Å². The summed E-state index contributed by atoms with van der Waals surface area (Å²) in [5, 5.41) is 8.78. The van der Waals surface area contributed by atoms with Crippen LogP contribution in [0.3, 0.4) is 0 Å². The lowest BCUT2D eigenvalue weighted by molar-refractivity contribution is -0.139. The summed E-state index contributed by atoms with van der Waals surface area (Å²) < 4.78 is 5.06. The number of benzene rings is 1. The average Bonchev–Trinajstić information content (AvgIpc) is 2.27. The fourth-order valence-electron chi connectivity index (χ4n) is 1.35. The van der Waals surface area contributed by atoms with E-state index < -0.39 is 12.0 Å². The quantitative estimate of drug-likeness (QED) is 0.781. The van der Waals surface area contributed by atoms with Crippen molar-refractivity contribution in [3.8, 4) is 5.75 Å². The molecule has 82 valence electrons. The minimum absolute atomic E-state index is 0.238. The van der Waals surface area contributed by atoms with E-state index in [1.54, 1.807) is 20.1 Å². The van der Waals surface area contributed by atoms with Crippen molar-refractivity contribution in [3.63, 3.8) is 0 Å². The lowest BCUT2D eigenvalue weighted by Crippen LogP contribution is -2.35. The second-order valence-corrected chi connectivity index (χ2v) is 3.43. The van der Waals surface area contributed by atoms with Gasteiger partial charge in [0.15, 0.2) is 0 Å². The van der Waals surface area contributed by atoms with Crippen LogP contribution in [0.15, 0.2) is 24.3 Å². The molecule has 4 heteroatoms. The molecule has 1 aromatic carbocycles. The van der Waals surface area contributed by atoms with Crippen molar-refractivity contribution in [1.29, 1.82) is 0 Å². The van der Waals surface area contributed by atoms with Crippen LogP contribution < -0.4 is 10.5 Å². The van der Waals surface area contributed by atoms with Gasteiger partial charge in [0, 0.05) is 5.92 Å². The van der Waals surface area contributed by atoms with Gasteiger partial charge in [0.1, 0.15) is 11.8 Å². The summed E-state index contributed by atoms with van der Waals surface area (Å²) in [6.45, 7) is 1.79. The average molecular weight is 209 g/mol. The maximum atomic E-state index is 10.7. The number of hydrogen-bond acceptors (Lipinski definition) is 3. The van der Waals surface area contributed by atoms with E-state index in [1.807, 2.05) is 18.2 Å². The molecule has 2 unspecified atom stereocenters. The van der Waals surface area contributed by atoms with E-state index in [9.17, 15) is 4.79 Å². The molecule has 3 N–H and O–H groups in total. The Morgan fingerprint density at radius 3 is 2.73 bits per heavy atom. The first-order valence-electron chi connectivity index (χ1n) is 4.68. The monoisotopic (exact) mass is 209 g/mol. The molecule has 0 aliphatic rings. The van der Waals surface area contributed by atoms with Gasteiger partial charge in [-0.3, -0.25) is 4.79 Å². The van der Waals surface area contributed by atoms with E-state index >= 15 is 0 Å². The van der Waals surface area contributed by atoms with Gasteiger partial charge in [-0.25, -0.2) is 0 Å². The van der Waals surface area contributed by atoms with Crippen molar-refractivity contribution in [2.45, 2.75) is 18.9 Å². The molecule has 1 aromatic rings. The van der Waals surface area contributed by atoms with Crippen LogP contribution >= 0.6 is 0 Å². The highest BCUT2D eigenvalue weighted by Gasteiger charge is 2.21. The standard InChI is InChI=1S/C11H15NO3/c1-7(10(12)11(13)14)8-4-3-5-9(6-8)15-2/h3-7,10H,12H2,1-2H3,(H,13,14). The Labute approximate surface area is 88.7 Å². The fraction of sp³-hybridized carbons (Fsp3) is 0.364. The zero-order valence-electron chi connectivity index (χ0n) is 8.81. The number of nitrogens with two attached hydrogens (primary N) is 1. The third-order valence-electron chi connectivity index (χ3n) is 2.44. The summed E-state index contributed by atoms with van der Waals surface area (Å²) in [7, 11) is 1.57. The van der Waals surface area contributed by atoms with E-state index in [-0.39, 0.29) is 5.92 Å². The molecule has 0 heterocycles. The first-order chi connectivity index (χ1) is 7.06. The molecule has 0 saturated carbocycles. The Kier molecular flexibility index (Phi) is 3.68. The van der Waals surface area contributed by atoms with Crippen molar-refractivity contribution < 1.29 is 14.6 Å². The first-order valence-corrected chi connectivity index (χ1v) is 4.68. The topological polar surface area (TPSA) is 72.5 Å².